The van der Waals surface area contributed by atoms with Gasteiger partial charge in [-0.05, 0) is 34.1 Å². The van der Waals surface area contributed by atoms with E-state index in [9.17, 15) is 9.18 Å². The average Bonchev–Trinajstić information content (AvgIpc) is 2.43. The first kappa shape index (κ1) is 14.7. The van der Waals surface area contributed by atoms with Crippen LogP contribution in [0.3, 0.4) is 0 Å². The minimum absolute atomic E-state index is 0.0181. The number of carbonyl (C=O) groups is 1. The first-order valence-electron chi connectivity index (χ1n) is 5.61. The summed E-state index contributed by atoms with van der Waals surface area (Å²) < 4.78 is 14.4. The highest BCUT2D eigenvalue weighted by atomic mass is 79.9. The summed E-state index contributed by atoms with van der Waals surface area (Å²) in [4.78, 5) is 16.2. The second-order valence-electron chi connectivity index (χ2n) is 3.86. The lowest BCUT2D eigenvalue weighted by Crippen LogP contribution is -2.15. The van der Waals surface area contributed by atoms with Crippen LogP contribution in [0.15, 0.2) is 34.9 Å². The van der Waals surface area contributed by atoms with Gasteiger partial charge in [-0.25, -0.2) is 9.37 Å². The van der Waals surface area contributed by atoms with Crippen molar-refractivity contribution in [1.82, 2.24) is 4.98 Å². The van der Waals surface area contributed by atoms with Crippen LogP contribution in [0.4, 0.5) is 15.9 Å². The number of nitrogens with one attached hydrogen (secondary N) is 2. The molecule has 7 heteroatoms. The van der Waals surface area contributed by atoms with E-state index >= 15 is 0 Å². The second-order valence-corrected chi connectivity index (χ2v) is 5.18. The molecule has 1 aromatic heterocycles. The number of pyridine rings is 1. The molecule has 20 heavy (non-hydrogen) atoms. The molecule has 0 unspecified atom stereocenters. The van der Waals surface area contributed by atoms with Crippen LogP contribution in [0.1, 0.15) is 10.4 Å². The Kier molecular flexibility index (Phi) is 4.57. The van der Waals surface area contributed by atoms with Gasteiger partial charge < -0.3 is 10.6 Å². The molecule has 0 fully saturated rings. The van der Waals surface area contributed by atoms with Gasteiger partial charge in [0.05, 0.1) is 16.3 Å². The van der Waals surface area contributed by atoms with Crippen LogP contribution >= 0.6 is 27.5 Å². The topological polar surface area (TPSA) is 54.0 Å². The summed E-state index contributed by atoms with van der Waals surface area (Å²) in [7, 11) is 1.65. The molecule has 0 aliphatic heterocycles. The van der Waals surface area contributed by atoms with Crippen LogP contribution in [0.2, 0.25) is 5.02 Å². The van der Waals surface area contributed by atoms with Crippen molar-refractivity contribution in [2.24, 2.45) is 0 Å². The Morgan fingerprint density at radius 2 is 2.20 bits per heavy atom. The zero-order valence-corrected chi connectivity index (χ0v) is 12.7. The Labute approximate surface area is 128 Å². The lowest BCUT2D eigenvalue weighted by molar-refractivity contribution is 0.102. The van der Waals surface area contributed by atoms with E-state index < -0.39 is 11.7 Å². The summed E-state index contributed by atoms with van der Waals surface area (Å²) in [6, 6.07) is 5.99. The highest BCUT2D eigenvalue weighted by molar-refractivity contribution is 9.10. The predicted molar refractivity (Wildman–Crippen MR) is 80.8 cm³/mol. The number of hydrogen-bond donors (Lipinski definition) is 2. The van der Waals surface area contributed by atoms with Gasteiger partial charge in [0.25, 0.3) is 5.91 Å². The molecule has 2 N–H and O–H groups in total. The molecule has 2 rings (SSSR count). The SMILES string of the molecule is CNc1ncc(Br)cc1C(=O)Nc1cccc(Cl)c1F. The normalized spacial score (nSPS) is 10.2. The van der Waals surface area contributed by atoms with Crippen molar-refractivity contribution in [3.8, 4) is 0 Å². The van der Waals surface area contributed by atoms with Crippen molar-refractivity contribution in [1.29, 1.82) is 0 Å². The molecular formula is C13H10BrClFN3O. The maximum absolute atomic E-state index is 13.8. The summed E-state index contributed by atoms with van der Waals surface area (Å²) in [6.07, 6.45) is 1.56. The van der Waals surface area contributed by atoms with Crippen LogP contribution in [0.25, 0.3) is 0 Å². The number of amides is 1. The molecule has 1 amide bonds. The average molecular weight is 359 g/mol. The molecule has 0 saturated heterocycles. The number of carbonyl (C=O) groups excluding carboxylic acids is 1. The van der Waals surface area contributed by atoms with Crippen molar-refractivity contribution in [2.75, 3.05) is 17.7 Å². The lowest BCUT2D eigenvalue weighted by Gasteiger charge is -2.10. The molecular weight excluding hydrogens is 349 g/mol. The highest BCUT2D eigenvalue weighted by Crippen LogP contribution is 2.24. The minimum atomic E-state index is -0.670. The standard InChI is InChI=1S/C13H10BrClFN3O/c1-17-12-8(5-7(14)6-18-12)13(20)19-10-4-2-3-9(15)11(10)16/h2-6H,1H3,(H,17,18)(H,19,20). The van der Waals surface area contributed by atoms with E-state index in [2.05, 4.69) is 31.5 Å². The summed E-state index contributed by atoms with van der Waals surface area (Å²) in [5, 5.41) is 5.22. The quantitative estimate of drug-likeness (QED) is 0.874. The van der Waals surface area contributed by atoms with Crippen molar-refractivity contribution < 1.29 is 9.18 Å². The second kappa shape index (κ2) is 6.19. The zero-order chi connectivity index (χ0) is 14.7. The largest absolute Gasteiger partial charge is 0.372 e. The van der Waals surface area contributed by atoms with Crippen LogP contribution in [-0.2, 0) is 0 Å². The number of rotatable bonds is 3. The Hall–Kier alpha value is -1.66. The third-order valence-corrected chi connectivity index (χ3v) is 3.26. The van der Waals surface area contributed by atoms with E-state index in [1.807, 2.05) is 0 Å². The number of halogens is 3. The molecule has 0 saturated carbocycles. The van der Waals surface area contributed by atoms with E-state index in [-0.39, 0.29) is 10.7 Å². The Bertz CT molecular complexity index is 666. The van der Waals surface area contributed by atoms with Gasteiger partial charge in [0.2, 0.25) is 0 Å². The van der Waals surface area contributed by atoms with Gasteiger partial charge in [-0.3, -0.25) is 4.79 Å². The zero-order valence-electron chi connectivity index (χ0n) is 10.4. The summed E-state index contributed by atoms with van der Waals surface area (Å²) >= 11 is 8.91. The fourth-order valence-electron chi connectivity index (χ4n) is 1.60. The first-order chi connectivity index (χ1) is 9.52. The third-order valence-electron chi connectivity index (χ3n) is 2.54. The van der Waals surface area contributed by atoms with Crippen LogP contribution in [0, 0.1) is 5.82 Å². The smallest absolute Gasteiger partial charge is 0.259 e. The summed E-state index contributed by atoms with van der Waals surface area (Å²) in [5.41, 5.74) is 0.311. The van der Waals surface area contributed by atoms with Crippen LogP contribution in [0.5, 0.6) is 0 Å². The van der Waals surface area contributed by atoms with Crippen molar-refractivity contribution in [2.45, 2.75) is 0 Å². The number of aromatic nitrogens is 1. The maximum Gasteiger partial charge on any atom is 0.259 e. The van der Waals surface area contributed by atoms with Crippen molar-refractivity contribution in [3.05, 3.63) is 51.3 Å². The molecule has 0 atom stereocenters. The van der Waals surface area contributed by atoms with E-state index in [1.165, 1.54) is 12.1 Å². The Balaban J connectivity index is 2.33. The Morgan fingerprint density at radius 3 is 2.90 bits per heavy atom. The van der Waals surface area contributed by atoms with Gasteiger partial charge >= 0.3 is 0 Å². The van der Waals surface area contributed by atoms with Crippen molar-refractivity contribution >= 4 is 44.9 Å². The minimum Gasteiger partial charge on any atom is -0.372 e. The summed E-state index contributed by atoms with van der Waals surface area (Å²) in [6.45, 7) is 0. The van der Waals surface area contributed by atoms with Gasteiger partial charge in [-0.15, -0.1) is 0 Å². The lowest BCUT2D eigenvalue weighted by atomic mass is 10.2. The van der Waals surface area contributed by atoms with E-state index in [0.29, 0.717) is 15.9 Å². The van der Waals surface area contributed by atoms with Crippen LogP contribution < -0.4 is 10.6 Å². The van der Waals surface area contributed by atoms with Crippen LogP contribution in [-0.4, -0.2) is 17.9 Å². The van der Waals surface area contributed by atoms with E-state index in [4.69, 9.17) is 11.6 Å². The first-order valence-corrected chi connectivity index (χ1v) is 6.78. The highest BCUT2D eigenvalue weighted by Gasteiger charge is 2.15. The molecule has 0 aliphatic carbocycles. The summed E-state index contributed by atoms with van der Waals surface area (Å²) in [5.74, 6) is -0.756. The predicted octanol–water partition coefficient (Wildman–Crippen LogP) is 3.93. The maximum atomic E-state index is 13.8. The third kappa shape index (κ3) is 3.08. The van der Waals surface area contributed by atoms with Gasteiger partial charge in [0.1, 0.15) is 5.82 Å². The van der Waals surface area contributed by atoms with Gasteiger partial charge in [-0.2, -0.15) is 0 Å². The fourth-order valence-corrected chi connectivity index (χ4v) is 2.11. The molecule has 2 aromatic rings. The van der Waals surface area contributed by atoms with Gasteiger partial charge in [0, 0.05) is 17.7 Å². The van der Waals surface area contributed by atoms with Crippen molar-refractivity contribution in [3.63, 3.8) is 0 Å². The number of benzene rings is 1. The van der Waals surface area contributed by atoms with E-state index in [0.717, 1.165) is 0 Å². The molecule has 0 radical (unpaired) electrons. The molecule has 0 bridgehead atoms. The number of hydrogen-bond acceptors (Lipinski definition) is 3. The molecule has 1 aromatic carbocycles. The molecule has 104 valence electrons. The fraction of sp³-hybridized carbons (Fsp3) is 0.0769. The van der Waals surface area contributed by atoms with Gasteiger partial charge in [0.15, 0.2) is 5.82 Å². The van der Waals surface area contributed by atoms with Gasteiger partial charge in [-0.1, -0.05) is 17.7 Å². The number of nitrogens with zero attached hydrogens (tertiary/aromatic N) is 1. The van der Waals surface area contributed by atoms with E-state index in [1.54, 1.807) is 25.4 Å². The number of anilines is 2. The Morgan fingerprint density at radius 1 is 1.45 bits per heavy atom. The molecule has 0 aliphatic rings. The molecule has 4 nitrogen and oxygen atoms in total. The molecule has 1 heterocycles. The monoisotopic (exact) mass is 357 g/mol. The molecule has 0 spiro atoms.